The second-order valence-electron chi connectivity index (χ2n) is 8.48. The van der Waals surface area contributed by atoms with Gasteiger partial charge in [0, 0.05) is 39.5 Å². The maximum Gasteiger partial charge on any atom is 0.419 e. The molecule has 0 fully saturated rings. The summed E-state index contributed by atoms with van der Waals surface area (Å²) in [5.41, 5.74) is -0.527. The van der Waals surface area contributed by atoms with Crippen LogP contribution in [0.5, 0.6) is 0 Å². The van der Waals surface area contributed by atoms with Crippen LogP contribution < -0.4 is 4.90 Å². The topological polar surface area (TPSA) is 80.5 Å². The molecule has 0 aromatic carbocycles. The number of rotatable bonds is 7. The number of carboxylic acid groups (broad SMARTS) is 1. The van der Waals surface area contributed by atoms with Gasteiger partial charge in [-0.25, -0.2) is 14.8 Å². The lowest BCUT2D eigenvalue weighted by Gasteiger charge is -2.27. The Morgan fingerprint density at radius 1 is 1.30 bits per heavy atom. The molecule has 2 aromatic rings. The molecule has 0 radical (unpaired) electrons. The molecular weight excluding hydrogens is 417 g/mol. The van der Waals surface area contributed by atoms with Crippen LogP contribution in [-0.2, 0) is 22.4 Å². The van der Waals surface area contributed by atoms with Gasteiger partial charge in [0.1, 0.15) is 12.2 Å². The minimum Gasteiger partial charge on any atom is -0.478 e. The molecule has 0 aliphatic carbocycles. The van der Waals surface area contributed by atoms with Gasteiger partial charge in [-0.05, 0) is 12.5 Å². The van der Waals surface area contributed by atoms with Crippen molar-refractivity contribution < 1.29 is 27.8 Å². The summed E-state index contributed by atoms with van der Waals surface area (Å²) in [5, 5.41) is 9.09. The highest BCUT2D eigenvalue weighted by molar-refractivity contribution is 6.76. The van der Waals surface area contributed by atoms with Crippen LogP contribution in [0.1, 0.15) is 12.0 Å². The van der Waals surface area contributed by atoms with E-state index in [4.69, 9.17) is 9.84 Å². The molecule has 0 spiro atoms. The molecule has 2 aromatic heterocycles. The number of alkyl halides is 3. The summed E-state index contributed by atoms with van der Waals surface area (Å²) in [6.45, 7) is 7.63. The Morgan fingerprint density at radius 3 is 2.60 bits per heavy atom. The monoisotopic (exact) mass is 442 g/mol. The fourth-order valence-electron chi connectivity index (χ4n) is 3.21. The normalized spacial score (nSPS) is 15.5. The Labute approximate surface area is 173 Å². The van der Waals surface area contributed by atoms with Gasteiger partial charge in [0.2, 0.25) is 0 Å². The highest BCUT2D eigenvalue weighted by atomic mass is 28.3. The number of ether oxygens (including phenoxy) is 1. The fourth-order valence-corrected chi connectivity index (χ4v) is 3.97. The van der Waals surface area contributed by atoms with Crippen LogP contribution in [-0.4, -0.2) is 53.4 Å². The summed E-state index contributed by atoms with van der Waals surface area (Å²) < 4.78 is 47.9. The first-order valence-corrected chi connectivity index (χ1v) is 13.3. The average Bonchev–Trinajstić information content (AvgIpc) is 3.07. The van der Waals surface area contributed by atoms with E-state index in [1.165, 1.54) is 10.9 Å². The number of pyridine rings is 1. The number of carbonyl (C=O) groups is 1. The van der Waals surface area contributed by atoms with Crippen LogP contribution in [0.3, 0.4) is 0 Å². The van der Waals surface area contributed by atoms with Crippen molar-refractivity contribution >= 4 is 30.9 Å². The molecule has 0 amide bonds. The quantitative estimate of drug-likeness (QED) is 0.516. The van der Waals surface area contributed by atoms with Crippen molar-refractivity contribution in [3.8, 4) is 0 Å². The highest BCUT2D eigenvalue weighted by Gasteiger charge is 2.36. The number of hydrogen-bond acceptors (Lipinski definition) is 5. The molecule has 1 N–H and O–H groups in total. The third kappa shape index (κ3) is 5.01. The Kier molecular flexibility index (Phi) is 6.23. The molecule has 30 heavy (non-hydrogen) atoms. The van der Waals surface area contributed by atoms with Gasteiger partial charge in [-0.2, -0.15) is 13.2 Å². The van der Waals surface area contributed by atoms with Gasteiger partial charge in [0.05, 0.1) is 17.4 Å². The average molecular weight is 443 g/mol. The maximum atomic E-state index is 13.6. The number of carboxylic acids is 1. The zero-order valence-corrected chi connectivity index (χ0v) is 18.2. The number of fused-ring (bicyclic) bond motifs is 1. The maximum absolute atomic E-state index is 13.6. The molecule has 11 heteroatoms. The summed E-state index contributed by atoms with van der Waals surface area (Å²) in [6, 6.07) is 0.907. The van der Waals surface area contributed by atoms with Crippen LogP contribution in [0.25, 0.3) is 11.0 Å². The molecule has 0 unspecified atom stereocenters. The lowest BCUT2D eigenvalue weighted by molar-refractivity contribution is -0.137. The lowest BCUT2D eigenvalue weighted by atomic mass is 10.1. The lowest BCUT2D eigenvalue weighted by Crippen LogP contribution is -2.31. The van der Waals surface area contributed by atoms with E-state index in [0.717, 1.165) is 12.2 Å². The third-order valence-corrected chi connectivity index (χ3v) is 6.64. The number of hydrogen-bond donors (Lipinski definition) is 1. The van der Waals surface area contributed by atoms with Gasteiger partial charge < -0.3 is 19.3 Å². The van der Waals surface area contributed by atoms with Crippen molar-refractivity contribution in [2.45, 2.75) is 45.0 Å². The Bertz CT molecular complexity index is 966. The van der Waals surface area contributed by atoms with E-state index >= 15 is 0 Å². The molecule has 0 atom stereocenters. The van der Waals surface area contributed by atoms with Gasteiger partial charge in [-0.3, -0.25) is 0 Å². The second kappa shape index (κ2) is 8.38. The van der Waals surface area contributed by atoms with E-state index in [0.29, 0.717) is 19.0 Å². The number of aliphatic carboxylic acids is 1. The number of anilines is 1. The van der Waals surface area contributed by atoms with Gasteiger partial charge in [-0.1, -0.05) is 25.7 Å². The molecule has 1 aliphatic heterocycles. The SMILES string of the molecule is C[Si](C)(C)CCOCn1cnc2c(N3CC=C(C(=O)O)CC3)ncc(C(F)(F)F)c21. The standard InChI is InChI=1S/C19H25F3N4O3Si/c1-30(2,3)9-8-29-12-26-11-24-15-16(26)14(19(20,21)22)10-23-17(15)25-6-4-13(5-7-25)18(27)28/h4,10-11H,5-9,12H2,1-3H3,(H,27,28). The van der Waals surface area contributed by atoms with Crippen LogP contribution >= 0.6 is 0 Å². The molecule has 3 rings (SSSR count). The summed E-state index contributed by atoms with van der Waals surface area (Å²) >= 11 is 0. The number of halogens is 3. The predicted molar refractivity (Wildman–Crippen MR) is 109 cm³/mol. The van der Waals surface area contributed by atoms with Crippen molar-refractivity contribution in [1.29, 1.82) is 0 Å². The highest BCUT2D eigenvalue weighted by Crippen LogP contribution is 2.37. The molecule has 3 heterocycles. The van der Waals surface area contributed by atoms with E-state index in [9.17, 15) is 18.0 Å². The van der Waals surface area contributed by atoms with Crippen LogP contribution in [0.4, 0.5) is 19.0 Å². The van der Waals surface area contributed by atoms with Gasteiger partial charge in [0.15, 0.2) is 5.82 Å². The van der Waals surface area contributed by atoms with Crippen molar-refractivity contribution in [3.63, 3.8) is 0 Å². The van der Waals surface area contributed by atoms with Crippen LogP contribution in [0.15, 0.2) is 24.2 Å². The molecule has 1 aliphatic rings. The Balaban J connectivity index is 1.92. The second-order valence-corrected chi connectivity index (χ2v) is 14.1. The fraction of sp³-hybridized carbons (Fsp3) is 0.526. The van der Waals surface area contributed by atoms with Crippen molar-refractivity contribution in [1.82, 2.24) is 14.5 Å². The predicted octanol–water partition coefficient (Wildman–Crippen LogP) is 3.98. The minimum absolute atomic E-state index is 0.0312. The number of nitrogens with zero attached hydrogens (tertiary/aromatic N) is 4. The smallest absolute Gasteiger partial charge is 0.419 e. The summed E-state index contributed by atoms with van der Waals surface area (Å²) in [4.78, 5) is 21.1. The van der Waals surface area contributed by atoms with Crippen molar-refractivity contribution in [2.24, 2.45) is 0 Å². The number of aromatic nitrogens is 3. The molecule has 0 saturated heterocycles. The van der Waals surface area contributed by atoms with Crippen LogP contribution in [0, 0.1) is 0 Å². The van der Waals surface area contributed by atoms with Gasteiger partial charge in [0.25, 0.3) is 0 Å². The van der Waals surface area contributed by atoms with E-state index in [1.807, 2.05) is 0 Å². The van der Waals surface area contributed by atoms with E-state index in [1.54, 1.807) is 11.0 Å². The third-order valence-electron chi connectivity index (χ3n) is 4.94. The summed E-state index contributed by atoms with van der Waals surface area (Å²) in [7, 11) is -1.31. The minimum atomic E-state index is -4.59. The molecule has 0 saturated carbocycles. The van der Waals surface area contributed by atoms with Gasteiger partial charge in [-0.15, -0.1) is 0 Å². The van der Waals surface area contributed by atoms with E-state index in [2.05, 4.69) is 29.6 Å². The summed E-state index contributed by atoms with van der Waals surface area (Å²) in [5.74, 6) is -0.681. The zero-order valence-electron chi connectivity index (χ0n) is 17.2. The van der Waals surface area contributed by atoms with Crippen molar-refractivity contribution in [3.05, 3.63) is 29.7 Å². The Hall–Kier alpha value is -2.40. The summed E-state index contributed by atoms with van der Waals surface area (Å²) in [6.07, 6.45) is -0.609. The first kappa shape index (κ1) is 22.3. The molecule has 164 valence electrons. The number of imidazole rings is 1. The van der Waals surface area contributed by atoms with E-state index < -0.39 is 25.8 Å². The first-order chi connectivity index (χ1) is 14.0. The van der Waals surface area contributed by atoms with Gasteiger partial charge >= 0.3 is 12.1 Å². The molecule has 7 nitrogen and oxygen atoms in total. The van der Waals surface area contributed by atoms with Crippen LogP contribution in [0.2, 0.25) is 25.7 Å². The molecule has 0 bridgehead atoms. The molecular formula is C19H25F3N4O3Si. The first-order valence-electron chi connectivity index (χ1n) is 9.63. The Morgan fingerprint density at radius 2 is 2.03 bits per heavy atom. The largest absolute Gasteiger partial charge is 0.478 e. The van der Waals surface area contributed by atoms with Crippen molar-refractivity contribution in [2.75, 3.05) is 24.6 Å². The van der Waals surface area contributed by atoms with E-state index in [-0.39, 0.29) is 36.3 Å². The zero-order chi connectivity index (χ0) is 22.1.